The van der Waals surface area contributed by atoms with Gasteiger partial charge in [0.25, 0.3) is 0 Å². The van der Waals surface area contributed by atoms with Gasteiger partial charge in [0.2, 0.25) is 15.9 Å². The lowest BCUT2D eigenvalue weighted by Crippen LogP contribution is -2.43. The predicted octanol–water partition coefficient (Wildman–Crippen LogP) is 3.58. The SMILES string of the molecule is COc1ccc(C(C)C)cc1S(=O)(=O)N1CCC(C(=O)NCCc2ccccc2)CC1. The maximum Gasteiger partial charge on any atom is 0.246 e. The predicted molar refractivity (Wildman–Crippen MR) is 122 cm³/mol. The van der Waals surface area contributed by atoms with E-state index in [1.807, 2.05) is 50.2 Å². The molecule has 0 aromatic heterocycles. The largest absolute Gasteiger partial charge is 0.495 e. The minimum Gasteiger partial charge on any atom is -0.495 e. The summed E-state index contributed by atoms with van der Waals surface area (Å²) in [6.45, 7) is 5.29. The molecule has 0 bridgehead atoms. The van der Waals surface area contributed by atoms with Crippen molar-refractivity contribution in [3.8, 4) is 5.75 Å². The van der Waals surface area contributed by atoms with Crippen LogP contribution in [0, 0.1) is 5.92 Å². The van der Waals surface area contributed by atoms with E-state index in [2.05, 4.69) is 5.32 Å². The Balaban J connectivity index is 1.59. The van der Waals surface area contributed by atoms with Crippen LogP contribution in [0.2, 0.25) is 0 Å². The van der Waals surface area contributed by atoms with Gasteiger partial charge in [-0.25, -0.2) is 8.42 Å². The van der Waals surface area contributed by atoms with Gasteiger partial charge in [-0.3, -0.25) is 4.79 Å². The molecule has 0 atom stereocenters. The van der Waals surface area contributed by atoms with E-state index in [0.29, 0.717) is 38.2 Å². The van der Waals surface area contributed by atoms with Crippen LogP contribution >= 0.6 is 0 Å². The molecule has 0 aliphatic carbocycles. The number of sulfonamides is 1. The van der Waals surface area contributed by atoms with Crippen molar-refractivity contribution in [1.82, 2.24) is 9.62 Å². The number of nitrogens with zero attached hydrogens (tertiary/aromatic N) is 1. The van der Waals surface area contributed by atoms with E-state index in [4.69, 9.17) is 4.74 Å². The van der Waals surface area contributed by atoms with Gasteiger partial charge >= 0.3 is 0 Å². The number of hydrogen-bond acceptors (Lipinski definition) is 4. The van der Waals surface area contributed by atoms with E-state index in [9.17, 15) is 13.2 Å². The van der Waals surface area contributed by atoms with Crippen molar-refractivity contribution in [2.45, 2.75) is 43.9 Å². The van der Waals surface area contributed by atoms with E-state index in [1.54, 1.807) is 12.1 Å². The van der Waals surface area contributed by atoms with Crippen molar-refractivity contribution in [2.24, 2.45) is 5.92 Å². The average molecular weight is 445 g/mol. The number of carbonyl (C=O) groups is 1. The molecule has 7 heteroatoms. The quantitative estimate of drug-likeness (QED) is 0.675. The van der Waals surface area contributed by atoms with Crippen LogP contribution in [0.1, 0.15) is 43.7 Å². The Morgan fingerprint density at radius 2 is 1.81 bits per heavy atom. The molecular formula is C24H32N2O4S. The molecule has 2 aromatic carbocycles. The minimum atomic E-state index is -3.69. The molecule has 1 heterocycles. The van der Waals surface area contributed by atoms with Crippen LogP contribution in [0.5, 0.6) is 5.75 Å². The summed E-state index contributed by atoms with van der Waals surface area (Å²) in [5.41, 5.74) is 2.13. The molecule has 2 aromatic rings. The van der Waals surface area contributed by atoms with Crippen molar-refractivity contribution in [3.63, 3.8) is 0 Å². The Bertz CT molecular complexity index is 982. The van der Waals surface area contributed by atoms with Crippen molar-refractivity contribution < 1.29 is 17.9 Å². The van der Waals surface area contributed by atoms with Crippen LogP contribution in [0.3, 0.4) is 0 Å². The first-order valence-corrected chi connectivity index (χ1v) is 12.3. The molecule has 0 saturated carbocycles. The van der Waals surface area contributed by atoms with Crippen LogP contribution in [-0.2, 0) is 21.2 Å². The summed E-state index contributed by atoms with van der Waals surface area (Å²) >= 11 is 0. The van der Waals surface area contributed by atoms with E-state index < -0.39 is 10.0 Å². The topological polar surface area (TPSA) is 75.7 Å². The molecule has 1 aliphatic heterocycles. The number of rotatable bonds is 8. The highest BCUT2D eigenvalue weighted by molar-refractivity contribution is 7.89. The summed E-state index contributed by atoms with van der Waals surface area (Å²) in [6, 6.07) is 15.3. The molecule has 1 fully saturated rings. The van der Waals surface area contributed by atoms with E-state index in [-0.39, 0.29) is 22.6 Å². The standard InChI is InChI=1S/C24H32N2O4S/c1-18(2)21-9-10-22(30-3)23(17-21)31(28,29)26-15-12-20(13-16-26)24(27)25-14-11-19-7-5-4-6-8-19/h4-10,17-18,20H,11-16H2,1-3H3,(H,25,27). The Morgan fingerprint density at radius 3 is 2.42 bits per heavy atom. The fourth-order valence-electron chi connectivity index (χ4n) is 3.87. The Morgan fingerprint density at radius 1 is 1.13 bits per heavy atom. The second kappa shape index (κ2) is 10.3. The number of ether oxygens (including phenoxy) is 1. The van der Waals surface area contributed by atoms with Gasteiger partial charge in [-0.15, -0.1) is 0 Å². The van der Waals surface area contributed by atoms with Crippen molar-refractivity contribution >= 4 is 15.9 Å². The Labute approximate surface area is 185 Å². The zero-order chi connectivity index (χ0) is 22.4. The first-order valence-electron chi connectivity index (χ1n) is 10.8. The maximum atomic E-state index is 13.3. The monoisotopic (exact) mass is 444 g/mol. The molecule has 0 unspecified atom stereocenters. The maximum absolute atomic E-state index is 13.3. The van der Waals surface area contributed by atoms with Gasteiger partial charge in [0, 0.05) is 25.6 Å². The number of methoxy groups -OCH3 is 1. The second-order valence-electron chi connectivity index (χ2n) is 8.27. The van der Waals surface area contributed by atoms with Gasteiger partial charge in [-0.1, -0.05) is 50.2 Å². The molecule has 1 saturated heterocycles. The summed E-state index contributed by atoms with van der Waals surface area (Å²) in [5.74, 6) is 0.411. The molecular weight excluding hydrogens is 412 g/mol. The van der Waals surface area contributed by atoms with Gasteiger partial charge in [-0.2, -0.15) is 4.31 Å². The molecule has 0 spiro atoms. The van der Waals surface area contributed by atoms with Crippen LogP contribution in [0.15, 0.2) is 53.4 Å². The van der Waals surface area contributed by atoms with E-state index in [0.717, 1.165) is 12.0 Å². The highest BCUT2D eigenvalue weighted by Gasteiger charge is 2.33. The third-order valence-electron chi connectivity index (χ3n) is 5.85. The lowest BCUT2D eigenvalue weighted by molar-refractivity contribution is -0.126. The summed E-state index contributed by atoms with van der Waals surface area (Å²) in [6.07, 6.45) is 1.82. The van der Waals surface area contributed by atoms with Gasteiger partial charge in [0.1, 0.15) is 10.6 Å². The second-order valence-corrected chi connectivity index (χ2v) is 10.2. The van der Waals surface area contributed by atoms with Crippen LogP contribution in [-0.4, -0.2) is 45.4 Å². The molecule has 1 aliphatic rings. The summed E-state index contributed by atoms with van der Waals surface area (Å²) in [4.78, 5) is 12.7. The molecule has 1 N–H and O–H groups in total. The Hall–Kier alpha value is -2.38. The molecule has 0 radical (unpaired) electrons. The number of piperidine rings is 1. The molecule has 6 nitrogen and oxygen atoms in total. The summed E-state index contributed by atoms with van der Waals surface area (Å²) in [7, 11) is -2.20. The fourth-order valence-corrected chi connectivity index (χ4v) is 5.53. The Kier molecular flexibility index (Phi) is 7.73. The normalized spacial score (nSPS) is 15.7. The summed E-state index contributed by atoms with van der Waals surface area (Å²) < 4.78 is 33.4. The van der Waals surface area contributed by atoms with Crippen LogP contribution < -0.4 is 10.1 Å². The number of hydrogen-bond donors (Lipinski definition) is 1. The van der Waals surface area contributed by atoms with Crippen molar-refractivity contribution in [2.75, 3.05) is 26.7 Å². The smallest absolute Gasteiger partial charge is 0.246 e. The summed E-state index contributed by atoms with van der Waals surface area (Å²) in [5, 5.41) is 3.00. The lowest BCUT2D eigenvalue weighted by Gasteiger charge is -2.31. The third-order valence-corrected chi connectivity index (χ3v) is 7.77. The van der Waals surface area contributed by atoms with Crippen LogP contribution in [0.25, 0.3) is 0 Å². The number of carbonyl (C=O) groups excluding carboxylic acids is 1. The number of nitrogens with one attached hydrogen (secondary N) is 1. The van der Waals surface area contributed by atoms with E-state index >= 15 is 0 Å². The lowest BCUT2D eigenvalue weighted by atomic mass is 9.97. The highest BCUT2D eigenvalue weighted by atomic mass is 32.2. The van der Waals surface area contributed by atoms with Gasteiger partial charge in [-0.05, 0) is 48.4 Å². The first-order chi connectivity index (χ1) is 14.8. The zero-order valence-electron chi connectivity index (χ0n) is 18.5. The van der Waals surface area contributed by atoms with Crippen molar-refractivity contribution in [1.29, 1.82) is 0 Å². The molecule has 1 amide bonds. The number of benzene rings is 2. The first kappa shape index (κ1) is 23.3. The van der Waals surface area contributed by atoms with Crippen molar-refractivity contribution in [3.05, 3.63) is 59.7 Å². The molecule has 31 heavy (non-hydrogen) atoms. The average Bonchev–Trinajstić information content (AvgIpc) is 2.79. The van der Waals surface area contributed by atoms with E-state index in [1.165, 1.54) is 17.0 Å². The molecule has 168 valence electrons. The van der Waals surface area contributed by atoms with Gasteiger partial charge < -0.3 is 10.1 Å². The fraction of sp³-hybridized carbons (Fsp3) is 0.458. The van der Waals surface area contributed by atoms with Crippen LogP contribution in [0.4, 0.5) is 0 Å². The third kappa shape index (κ3) is 5.66. The number of amides is 1. The zero-order valence-corrected chi connectivity index (χ0v) is 19.3. The molecule has 3 rings (SSSR count). The van der Waals surface area contributed by atoms with Gasteiger partial charge in [0.15, 0.2) is 0 Å². The van der Waals surface area contributed by atoms with Gasteiger partial charge in [0.05, 0.1) is 7.11 Å². The highest BCUT2D eigenvalue weighted by Crippen LogP contribution is 2.32. The minimum absolute atomic E-state index is 0.00682.